The summed E-state index contributed by atoms with van der Waals surface area (Å²) in [4.78, 5) is 0. The van der Waals surface area contributed by atoms with Gasteiger partial charge >= 0.3 is 0 Å². The molecule has 124 valence electrons. The Bertz CT molecular complexity index is 606. The van der Waals surface area contributed by atoms with Gasteiger partial charge in [-0.3, -0.25) is 5.43 Å². The number of thiocarbonyl (C=S) groups is 1. The standard InChI is InChI=1S/C15H18ClN3O3S/c16-12-6-10(7-13-14(12)22-5-4-21-13)8-18-19-15(23)17-9-11-2-1-3-20-11/h6-8,11H,1-5,9H2,(H2,17,19,23)/b18-8-/t11-/m1/s1. The number of fused-ring (bicyclic) bond motifs is 1. The molecule has 3 rings (SSSR count). The van der Waals surface area contributed by atoms with Crippen molar-refractivity contribution in [2.75, 3.05) is 26.4 Å². The molecule has 0 radical (unpaired) electrons. The Kier molecular flexibility index (Phi) is 5.53. The first-order chi connectivity index (χ1) is 11.2. The molecule has 1 aromatic carbocycles. The molecule has 1 saturated heterocycles. The number of nitrogens with one attached hydrogen (secondary N) is 2. The van der Waals surface area contributed by atoms with Crippen molar-refractivity contribution in [3.63, 3.8) is 0 Å². The zero-order chi connectivity index (χ0) is 16.1. The lowest BCUT2D eigenvalue weighted by atomic mass is 10.2. The Morgan fingerprint density at radius 1 is 1.35 bits per heavy atom. The number of hydrogen-bond donors (Lipinski definition) is 2. The first-order valence-corrected chi connectivity index (χ1v) is 8.28. The summed E-state index contributed by atoms with van der Waals surface area (Å²) in [6.45, 7) is 2.54. The van der Waals surface area contributed by atoms with Gasteiger partial charge in [-0.1, -0.05) is 11.6 Å². The summed E-state index contributed by atoms with van der Waals surface area (Å²) in [5.41, 5.74) is 3.57. The van der Waals surface area contributed by atoms with Crippen molar-refractivity contribution in [3.8, 4) is 11.5 Å². The van der Waals surface area contributed by atoms with Gasteiger partial charge in [0.25, 0.3) is 0 Å². The number of hydrogen-bond acceptors (Lipinski definition) is 5. The summed E-state index contributed by atoms with van der Waals surface area (Å²) < 4.78 is 16.5. The van der Waals surface area contributed by atoms with Gasteiger partial charge in [0.05, 0.1) is 17.3 Å². The number of halogens is 1. The fraction of sp³-hybridized carbons (Fsp3) is 0.467. The summed E-state index contributed by atoms with van der Waals surface area (Å²) in [6, 6.07) is 3.59. The molecule has 2 N–H and O–H groups in total. The Morgan fingerprint density at radius 3 is 3.04 bits per heavy atom. The SMILES string of the molecule is S=C(NC[C@H]1CCCO1)N/N=C\c1cc(Cl)c2c(c1)OCCO2. The van der Waals surface area contributed by atoms with Crippen LogP contribution >= 0.6 is 23.8 Å². The van der Waals surface area contributed by atoms with E-state index in [0.29, 0.717) is 41.4 Å². The normalized spacial score (nSPS) is 19.8. The third kappa shape index (κ3) is 4.46. The van der Waals surface area contributed by atoms with E-state index in [9.17, 15) is 0 Å². The predicted octanol–water partition coefficient (Wildman–Crippen LogP) is 2.09. The second-order valence-electron chi connectivity index (χ2n) is 5.24. The van der Waals surface area contributed by atoms with Gasteiger partial charge in [0.15, 0.2) is 16.6 Å². The molecular weight excluding hydrogens is 338 g/mol. The first kappa shape index (κ1) is 16.3. The van der Waals surface area contributed by atoms with Crippen LogP contribution in [0.2, 0.25) is 5.02 Å². The van der Waals surface area contributed by atoms with Crippen LogP contribution in [0.5, 0.6) is 11.5 Å². The van der Waals surface area contributed by atoms with E-state index in [1.54, 1.807) is 12.3 Å². The topological polar surface area (TPSA) is 64.1 Å². The number of hydrazone groups is 1. The summed E-state index contributed by atoms with van der Waals surface area (Å²) >= 11 is 11.3. The van der Waals surface area contributed by atoms with Crippen LogP contribution in [0.4, 0.5) is 0 Å². The maximum atomic E-state index is 6.17. The second kappa shape index (κ2) is 7.81. The van der Waals surface area contributed by atoms with Crippen molar-refractivity contribution in [1.82, 2.24) is 10.7 Å². The predicted molar refractivity (Wildman–Crippen MR) is 92.7 cm³/mol. The molecule has 1 atom stereocenters. The minimum atomic E-state index is 0.232. The summed E-state index contributed by atoms with van der Waals surface area (Å²) in [5, 5.41) is 8.15. The van der Waals surface area contributed by atoms with Crippen LogP contribution in [0.15, 0.2) is 17.2 Å². The van der Waals surface area contributed by atoms with Crippen LogP contribution in [-0.4, -0.2) is 43.8 Å². The van der Waals surface area contributed by atoms with E-state index in [1.165, 1.54) is 0 Å². The van der Waals surface area contributed by atoms with E-state index in [4.69, 9.17) is 38.0 Å². The molecule has 6 nitrogen and oxygen atoms in total. The summed E-state index contributed by atoms with van der Waals surface area (Å²) in [6.07, 6.45) is 4.03. The Hall–Kier alpha value is -1.57. The van der Waals surface area contributed by atoms with Crippen LogP contribution < -0.4 is 20.2 Å². The maximum Gasteiger partial charge on any atom is 0.187 e. The molecular formula is C15H18ClN3O3S. The third-order valence-corrected chi connectivity index (χ3v) is 4.03. The number of ether oxygens (including phenoxy) is 3. The molecule has 23 heavy (non-hydrogen) atoms. The number of benzene rings is 1. The highest BCUT2D eigenvalue weighted by Gasteiger charge is 2.16. The van der Waals surface area contributed by atoms with E-state index in [-0.39, 0.29) is 6.10 Å². The molecule has 2 heterocycles. The van der Waals surface area contributed by atoms with Gasteiger partial charge in [0.1, 0.15) is 13.2 Å². The summed E-state index contributed by atoms with van der Waals surface area (Å²) in [5.74, 6) is 1.21. The monoisotopic (exact) mass is 355 g/mol. The number of rotatable bonds is 4. The van der Waals surface area contributed by atoms with E-state index >= 15 is 0 Å². The van der Waals surface area contributed by atoms with Crippen LogP contribution in [0.25, 0.3) is 0 Å². The van der Waals surface area contributed by atoms with Crippen LogP contribution in [0.3, 0.4) is 0 Å². The average Bonchev–Trinajstić information content (AvgIpc) is 3.06. The summed E-state index contributed by atoms with van der Waals surface area (Å²) in [7, 11) is 0. The van der Waals surface area contributed by atoms with Gasteiger partial charge in [-0.2, -0.15) is 5.10 Å². The molecule has 0 unspecified atom stereocenters. The van der Waals surface area contributed by atoms with E-state index in [0.717, 1.165) is 25.0 Å². The quantitative estimate of drug-likeness (QED) is 0.490. The minimum Gasteiger partial charge on any atom is -0.486 e. The highest BCUT2D eigenvalue weighted by Crippen LogP contribution is 2.37. The fourth-order valence-electron chi connectivity index (χ4n) is 2.42. The van der Waals surface area contributed by atoms with Gasteiger partial charge in [0.2, 0.25) is 0 Å². The van der Waals surface area contributed by atoms with Gasteiger partial charge < -0.3 is 19.5 Å². The Morgan fingerprint density at radius 2 is 2.22 bits per heavy atom. The fourth-order valence-corrected chi connectivity index (χ4v) is 2.83. The Balaban J connectivity index is 1.51. The first-order valence-electron chi connectivity index (χ1n) is 7.50. The molecule has 2 aliphatic heterocycles. The third-order valence-electron chi connectivity index (χ3n) is 3.51. The van der Waals surface area contributed by atoms with E-state index in [2.05, 4.69) is 15.8 Å². The molecule has 0 amide bonds. The van der Waals surface area contributed by atoms with Crippen molar-refractivity contribution in [2.24, 2.45) is 5.10 Å². The molecule has 0 spiro atoms. The Labute approximate surface area is 145 Å². The molecule has 2 aliphatic rings. The van der Waals surface area contributed by atoms with Gasteiger partial charge in [-0.15, -0.1) is 0 Å². The zero-order valence-corrected chi connectivity index (χ0v) is 14.1. The largest absolute Gasteiger partial charge is 0.486 e. The van der Waals surface area contributed by atoms with Crippen molar-refractivity contribution in [2.45, 2.75) is 18.9 Å². The highest BCUT2D eigenvalue weighted by molar-refractivity contribution is 7.80. The minimum absolute atomic E-state index is 0.232. The van der Waals surface area contributed by atoms with Gasteiger partial charge in [-0.25, -0.2) is 0 Å². The zero-order valence-electron chi connectivity index (χ0n) is 12.5. The molecule has 0 bridgehead atoms. The maximum absolute atomic E-state index is 6.17. The van der Waals surface area contributed by atoms with Crippen LogP contribution in [0, 0.1) is 0 Å². The second-order valence-corrected chi connectivity index (χ2v) is 6.06. The van der Waals surface area contributed by atoms with Crippen LogP contribution in [0.1, 0.15) is 18.4 Å². The lowest BCUT2D eigenvalue weighted by Crippen LogP contribution is -2.37. The average molecular weight is 356 g/mol. The molecule has 0 aliphatic carbocycles. The van der Waals surface area contributed by atoms with Crippen LogP contribution in [-0.2, 0) is 4.74 Å². The number of nitrogens with zero attached hydrogens (tertiary/aromatic N) is 1. The van der Waals surface area contributed by atoms with E-state index < -0.39 is 0 Å². The molecule has 0 saturated carbocycles. The van der Waals surface area contributed by atoms with Gasteiger partial charge in [-0.05, 0) is 42.8 Å². The van der Waals surface area contributed by atoms with Crippen molar-refractivity contribution in [3.05, 3.63) is 22.7 Å². The molecule has 1 fully saturated rings. The molecule has 1 aromatic rings. The lowest BCUT2D eigenvalue weighted by Gasteiger charge is -2.19. The molecule has 0 aromatic heterocycles. The lowest BCUT2D eigenvalue weighted by molar-refractivity contribution is 0.114. The van der Waals surface area contributed by atoms with Crippen molar-refractivity contribution < 1.29 is 14.2 Å². The molecule has 8 heteroatoms. The van der Waals surface area contributed by atoms with Crippen molar-refractivity contribution in [1.29, 1.82) is 0 Å². The van der Waals surface area contributed by atoms with Crippen molar-refractivity contribution >= 4 is 35.1 Å². The smallest absolute Gasteiger partial charge is 0.187 e. The van der Waals surface area contributed by atoms with E-state index in [1.807, 2.05) is 6.07 Å². The van der Waals surface area contributed by atoms with Gasteiger partial charge in [0, 0.05) is 13.2 Å². The highest BCUT2D eigenvalue weighted by atomic mass is 35.5.